The average Bonchev–Trinajstić information content (AvgIpc) is 3.13. The summed E-state index contributed by atoms with van der Waals surface area (Å²) in [5.41, 5.74) is 9.25. The van der Waals surface area contributed by atoms with Gasteiger partial charge in [-0.05, 0) is 56.7 Å². The molecule has 5 nitrogen and oxygen atoms in total. The number of nitrogens with one attached hydrogen (secondary N) is 1. The Morgan fingerprint density at radius 3 is 2.80 bits per heavy atom. The lowest BCUT2D eigenvalue weighted by atomic mass is 9.81. The second kappa shape index (κ2) is 5.84. The van der Waals surface area contributed by atoms with Crippen molar-refractivity contribution >= 4 is 11.8 Å². The van der Waals surface area contributed by atoms with Crippen molar-refractivity contribution in [3.63, 3.8) is 0 Å². The van der Waals surface area contributed by atoms with E-state index in [0.29, 0.717) is 6.61 Å². The largest absolute Gasteiger partial charge is 0.466 e. The lowest BCUT2D eigenvalue weighted by Gasteiger charge is -2.27. The highest BCUT2D eigenvalue weighted by atomic mass is 16.5. The Kier molecular flexibility index (Phi) is 3.87. The summed E-state index contributed by atoms with van der Waals surface area (Å²) in [6.07, 6.45) is 5.17. The SMILES string of the molecule is CCOC(=O)C1(CN2CCC3(CCc4c(C(=N)N)cccc43)C2)CC1. The third-order valence-corrected chi connectivity index (χ3v) is 6.41. The molecule has 1 aromatic carbocycles. The summed E-state index contributed by atoms with van der Waals surface area (Å²) in [5, 5.41) is 7.83. The van der Waals surface area contributed by atoms with Crippen LogP contribution in [0, 0.1) is 10.8 Å². The second-order valence-electron chi connectivity index (χ2n) is 7.99. The molecule has 25 heavy (non-hydrogen) atoms. The van der Waals surface area contributed by atoms with Gasteiger partial charge in [-0.1, -0.05) is 18.2 Å². The first kappa shape index (κ1) is 16.6. The molecule has 3 aliphatic rings. The lowest BCUT2D eigenvalue weighted by Crippen LogP contribution is -2.36. The van der Waals surface area contributed by atoms with Crippen molar-refractivity contribution in [2.75, 3.05) is 26.2 Å². The highest BCUT2D eigenvalue weighted by Crippen LogP contribution is 2.51. The summed E-state index contributed by atoms with van der Waals surface area (Å²) < 4.78 is 5.29. The van der Waals surface area contributed by atoms with E-state index < -0.39 is 0 Å². The fourth-order valence-corrected chi connectivity index (χ4v) is 4.91. The number of benzene rings is 1. The fraction of sp³-hybridized carbons (Fsp3) is 0.600. The van der Waals surface area contributed by atoms with E-state index >= 15 is 0 Å². The Labute approximate surface area is 149 Å². The number of fused-ring (bicyclic) bond motifs is 2. The minimum Gasteiger partial charge on any atom is -0.466 e. The molecule has 4 rings (SSSR count). The van der Waals surface area contributed by atoms with E-state index in [2.05, 4.69) is 11.0 Å². The van der Waals surface area contributed by atoms with Crippen LogP contribution in [0.15, 0.2) is 18.2 Å². The summed E-state index contributed by atoms with van der Waals surface area (Å²) in [4.78, 5) is 14.7. The number of carbonyl (C=O) groups is 1. The van der Waals surface area contributed by atoms with Gasteiger partial charge >= 0.3 is 5.97 Å². The number of nitrogen functional groups attached to an aromatic ring is 1. The van der Waals surface area contributed by atoms with Crippen molar-refractivity contribution < 1.29 is 9.53 Å². The standard InChI is InChI=1S/C20H27N3O2/c1-2-25-18(24)20(8-9-20)13-23-11-10-19(12-23)7-6-14-15(17(21)22)4-3-5-16(14)19/h3-5H,2,6-13H2,1H3,(H3,21,22). The summed E-state index contributed by atoms with van der Waals surface area (Å²) in [6.45, 7) is 5.20. The third kappa shape index (κ3) is 2.65. The van der Waals surface area contributed by atoms with Gasteiger partial charge in [0.05, 0.1) is 12.0 Å². The number of nitrogens with two attached hydrogens (primary N) is 1. The number of rotatable bonds is 5. The number of nitrogens with zero attached hydrogens (tertiary/aromatic N) is 1. The topological polar surface area (TPSA) is 79.4 Å². The molecule has 1 aliphatic heterocycles. The molecule has 0 bridgehead atoms. The molecule has 0 aromatic heterocycles. The lowest BCUT2D eigenvalue weighted by molar-refractivity contribution is -0.150. The van der Waals surface area contributed by atoms with E-state index in [1.807, 2.05) is 19.1 Å². The van der Waals surface area contributed by atoms with Gasteiger partial charge in [-0.25, -0.2) is 0 Å². The number of esters is 1. The first-order valence-corrected chi connectivity index (χ1v) is 9.36. The Hall–Kier alpha value is -1.88. The van der Waals surface area contributed by atoms with Gasteiger partial charge in [0.15, 0.2) is 0 Å². The number of hydrogen-bond donors (Lipinski definition) is 2. The minimum atomic E-state index is -0.246. The van der Waals surface area contributed by atoms with Crippen LogP contribution in [-0.2, 0) is 21.4 Å². The fourth-order valence-electron chi connectivity index (χ4n) is 4.91. The second-order valence-corrected chi connectivity index (χ2v) is 7.99. The Morgan fingerprint density at radius 2 is 2.12 bits per heavy atom. The Balaban J connectivity index is 1.52. The highest BCUT2D eigenvalue weighted by molar-refractivity contribution is 5.97. The van der Waals surface area contributed by atoms with E-state index in [9.17, 15) is 4.79 Å². The molecule has 1 unspecified atom stereocenters. The van der Waals surface area contributed by atoms with Gasteiger partial charge in [0.1, 0.15) is 5.84 Å². The third-order valence-electron chi connectivity index (χ3n) is 6.41. The van der Waals surface area contributed by atoms with Crippen molar-refractivity contribution in [3.8, 4) is 0 Å². The van der Waals surface area contributed by atoms with Crippen molar-refractivity contribution in [2.24, 2.45) is 11.1 Å². The molecule has 1 atom stereocenters. The van der Waals surface area contributed by atoms with Crippen LogP contribution in [0.25, 0.3) is 0 Å². The zero-order valence-corrected chi connectivity index (χ0v) is 14.9. The average molecular weight is 341 g/mol. The van der Waals surface area contributed by atoms with Crippen LogP contribution in [0.4, 0.5) is 0 Å². The van der Waals surface area contributed by atoms with Gasteiger partial charge < -0.3 is 15.4 Å². The monoisotopic (exact) mass is 341 g/mol. The minimum absolute atomic E-state index is 0.0124. The van der Waals surface area contributed by atoms with Crippen LogP contribution in [-0.4, -0.2) is 42.9 Å². The Morgan fingerprint density at radius 1 is 1.32 bits per heavy atom. The van der Waals surface area contributed by atoms with Gasteiger partial charge in [0.25, 0.3) is 0 Å². The van der Waals surface area contributed by atoms with Crippen molar-refractivity contribution in [2.45, 2.75) is 44.4 Å². The predicted octanol–water partition coefficient (Wildman–Crippen LogP) is 2.20. The maximum Gasteiger partial charge on any atom is 0.313 e. The predicted molar refractivity (Wildman–Crippen MR) is 96.8 cm³/mol. The van der Waals surface area contributed by atoms with E-state index in [0.717, 1.165) is 57.3 Å². The summed E-state index contributed by atoms with van der Waals surface area (Å²) in [6, 6.07) is 6.22. The number of carbonyl (C=O) groups excluding carboxylic acids is 1. The van der Waals surface area contributed by atoms with E-state index in [4.69, 9.17) is 15.9 Å². The van der Waals surface area contributed by atoms with Crippen molar-refractivity contribution in [1.29, 1.82) is 5.41 Å². The molecule has 2 fully saturated rings. The normalized spacial score (nSPS) is 26.6. The van der Waals surface area contributed by atoms with Crippen LogP contribution >= 0.6 is 0 Å². The van der Waals surface area contributed by atoms with E-state index in [1.165, 1.54) is 11.1 Å². The summed E-state index contributed by atoms with van der Waals surface area (Å²) >= 11 is 0. The van der Waals surface area contributed by atoms with Gasteiger partial charge in [-0.15, -0.1) is 0 Å². The molecule has 1 saturated heterocycles. The maximum absolute atomic E-state index is 12.3. The van der Waals surface area contributed by atoms with Crippen LogP contribution in [0.3, 0.4) is 0 Å². The molecule has 5 heteroatoms. The van der Waals surface area contributed by atoms with Gasteiger partial charge in [0.2, 0.25) is 0 Å². The van der Waals surface area contributed by atoms with Crippen LogP contribution in [0.5, 0.6) is 0 Å². The first-order chi connectivity index (χ1) is 12.0. The molecule has 1 heterocycles. The zero-order valence-electron chi connectivity index (χ0n) is 14.9. The summed E-state index contributed by atoms with van der Waals surface area (Å²) in [5.74, 6) is 0.157. The molecule has 2 aliphatic carbocycles. The van der Waals surface area contributed by atoms with Gasteiger partial charge in [-0.3, -0.25) is 10.2 Å². The molecule has 1 saturated carbocycles. The van der Waals surface area contributed by atoms with Crippen molar-refractivity contribution in [3.05, 3.63) is 34.9 Å². The zero-order chi connectivity index (χ0) is 17.7. The smallest absolute Gasteiger partial charge is 0.313 e. The number of hydrogen-bond acceptors (Lipinski definition) is 4. The highest BCUT2D eigenvalue weighted by Gasteiger charge is 2.54. The molecular formula is C20H27N3O2. The number of ether oxygens (including phenoxy) is 1. The summed E-state index contributed by atoms with van der Waals surface area (Å²) in [7, 11) is 0. The van der Waals surface area contributed by atoms with Gasteiger partial charge in [-0.2, -0.15) is 0 Å². The number of amidine groups is 1. The van der Waals surface area contributed by atoms with Crippen LogP contribution < -0.4 is 5.73 Å². The molecule has 1 spiro atoms. The maximum atomic E-state index is 12.3. The molecule has 3 N–H and O–H groups in total. The quantitative estimate of drug-likeness (QED) is 0.489. The molecule has 1 aromatic rings. The van der Waals surface area contributed by atoms with Crippen molar-refractivity contribution in [1.82, 2.24) is 4.90 Å². The van der Waals surface area contributed by atoms with E-state index in [-0.39, 0.29) is 22.6 Å². The molecular weight excluding hydrogens is 314 g/mol. The van der Waals surface area contributed by atoms with Gasteiger partial charge in [0, 0.05) is 24.1 Å². The molecule has 0 amide bonds. The van der Waals surface area contributed by atoms with E-state index in [1.54, 1.807) is 0 Å². The number of likely N-dealkylation sites (tertiary alicyclic amines) is 1. The Bertz CT molecular complexity index is 726. The first-order valence-electron chi connectivity index (χ1n) is 9.36. The molecule has 134 valence electrons. The van der Waals surface area contributed by atoms with Crippen LogP contribution in [0.2, 0.25) is 0 Å². The molecule has 0 radical (unpaired) electrons. The van der Waals surface area contributed by atoms with Crippen LogP contribution in [0.1, 0.15) is 49.3 Å².